The molecule has 2 saturated heterocycles. The minimum atomic E-state index is -0.130. The van der Waals surface area contributed by atoms with Crippen LogP contribution in [-0.2, 0) is 9.47 Å². The van der Waals surface area contributed by atoms with Gasteiger partial charge in [0.05, 0.1) is 13.2 Å². The first-order valence-electron chi connectivity index (χ1n) is 54.0. The summed E-state index contributed by atoms with van der Waals surface area (Å²) in [6, 6.07) is 0. The Kier molecular flexibility index (Phi) is 39.2. The van der Waals surface area contributed by atoms with E-state index >= 15 is 0 Å². The molecule has 0 bridgehead atoms. The van der Waals surface area contributed by atoms with Crippen LogP contribution in [0.4, 0.5) is 0 Å². The largest absolute Gasteiger partial charge is 0.507 e. The molecule has 10 unspecified atom stereocenters. The fourth-order valence-corrected chi connectivity index (χ4v) is 23.4. The maximum absolute atomic E-state index is 10.4. The molecule has 740 valence electrons. The predicted octanol–water partition coefficient (Wildman–Crippen LogP) is 35.4. The van der Waals surface area contributed by atoms with Crippen LogP contribution in [0.2, 0.25) is 0 Å². The molecule has 2 heterocycles. The first-order valence-corrected chi connectivity index (χ1v) is 54.0. The first-order chi connectivity index (χ1) is 64.9. The average Bonchev–Trinajstić information content (AvgIpc) is 1.39. The molecule has 6 fully saturated rings. The van der Waals surface area contributed by atoms with Gasteiger partial charge < -0.3 is 24.1 Å². The Bertz CT molecular complexity index is 5590. The van der Waals surface area contributed by atoms with E-state index in [4.69, 9.17) is 25.4 Å². The summed E-state index contributed by atoms with van der Waals surface area (Å²) in [5, 5.41) is 10.4. The molecule has 0 spiro atoms. The van der Waals surface area contributed by atoms with Crippen LogP contribution in [0.1, 0.15) is 469 Å². The van der Waals surface area contributed by atoms with Crippen LogP contribution in [0.3, 0.4) is 0 Å². The molecule has 5 heteroatoms. The second-order valence-corrected chi connectivity index (χ2v) is 43.7. The Balaban J connectivity index is 0.000000181. The van der Waals surface area contributed by atoms with E-state index in [9.17, 15) is 5.11 Å². The molecule has 8 aromatic rings. The molecule has 1 N–H and O–H groups in total. The molecule has 0 aromatic heterocycles. The van der Waals surface area contributed by atoms with E-state index in [-0.39, 0.29) is 12.6 Å². The van der Waals surface area contributed by atoms with Crippen LogP contribution in [0, 0.1) is 307 Å². The topological polar surface area (TPSA) is 57.2 Å². The van der Waals surface area contributed by atoms with Crippen molar-refractivity contribution in [3.8, 4) is 65.1 Å². The summed E-state index contributed by atoms with van der Waals surface area (Å²) in [7, 11) is 0. The van der Waals surface area contributed by atoms with Crippen LogP contribution in [-0.4, -0.2) is 30.9 Å². The van der Waals surface area contributed by atoms with Gasteiger partial charge in [-0.15, -0.1) is 6.42 Å². The van der Waals surface area contributed by atoms with E-state index in [1.165, 1.54) is 297 Å². The number of phenols is 1. The zero-order chi connectivity index (χ0) is 101. The van der Waals surface area contributed by atoms with Crippen molar-refractivity contribution in [1.29, 1.82) is 0 Å². The summed E-state index contributed by atoms with van der Waals surface area (Å²) >= 11 is 0. The summed E-state index contributed by atoms with van der Waals surface area (Å²) in [5.74, 6) is 33.4. The average molecular weight is 1850 g/mol. The molecular formula is C132H182O5. The number of rotatable bonds is 24. The number of aromatic hydroxyl groups is 1. The third-order valence-electron chi connectivity index (χ3n) is 35.5. The van der Waals surface area contributed by atoms with Crippen LogP contribution >= 0.6 is 0 Å². The van der Waals surface area contributed by atoms with E-state index in [1.807, 2.05) is 13.8 Å². The Hall–Kier alpha value is -8.68. The fraction of sp³-hybridized carbons (Fsp3) is 0.576. The number of unbranched alkanes of at least 4 members (excludes halogenated alkanes) is 8. The molecule has 0 radical (unpaired) electrons. The van der Waals surface area contributed by atoms with Crippen molar-refractivity contribution in [2.24, 2.45) is 23.7 Å². The highest BCUT2D eigenvalue weighted by molar-refractivity contribution is 5.68. The lowest BCUT2D eigenvalue weighted by Crippen LogP contribution is -2.26. The lowest BCUT2D eigenvalue weighted by atomic mass is 9.85. The zero-order valence-corrected chi connectivity index (χ0v) is 93.7. The molecule has 137 heavy (non-hydrogen) atoms. The van der Waals surface area contributed by atoms with Gasteiger partial charge in [0.1, 0.15) is 17.2 Å². The maximum Gasteiger partial charge on any atom is 0.199 e. The second-order valence-electron chi connectivity index (χ2n) is 43.7. The highest BCUT2D eigenvalue weighted by atomic mass is 16.7. The van der Waals surface area contributed by atoms with Gasteiger partial charge in [-0.05, 0) is 571 Å². The quantitative estimate of drug-likeness (QED) is 0.0483. The van der Waals surface area contributed by atoms with Gasteiger partial charge in [0, 0.05) is 51.8 Å². The van der Waals surface area contributed by atoms with Crippen LogP contribution < -0.4 is 9.47 Å². The van der Waals surface area contributed by atoms with Crippen molar-refractivity contribution < 1.29 is 24.1 Å². The van der Waals surface area contributed by atoms with Gasteiger partial charge in [-0.2, -0.15) is 0 Å². The van der Waals surface area contributed by atoms with Crippen molar-refractivity contribution in [1.82, 2.24) is 0 Å². The van der Waals surface area contributed by atoms with Crippen molar-refractivity contribution >= 4 is 0 Å². The monoisotopic (exact) mass is 1850 g/mol. The summed E-state index contributed by atoms with van der Waals surface area (Å²) < 4.78 is 24.0. The van der Waals surface area contributed by atoms with E-state index in [0.29, 0.717) is 5.75 Å². The smallest absolute Gasteiger partial charge is 0.199 e. The lowest BCUT2D eigenvalue weighted by Gasteiger charge is -2.27. The summed E-state index contributed by atoms with van der Waals surface area (Å²) in [6.07, 6.45) is 39.5. The summed E-state index contributed by atoms with van der Waals surface area (Å²) in [5.41, 5.74) is 59.5. The van der Waals surface area contributed by atoms with E-state index < -0.39 is 0 Å². The van der Waals surface area contributed by atoms with Crippen molar-refractivity contribution in [2.75, 3.05) is 13.2 Å². The molecule has 8 aromatic carbocycles. The van der Waals surface area contributed by atoms with Gasteiger partial charge in [0.2, 0.25) is 0 Å². The van der Waals surface area contributed by atoms with Gasteiger partial charge in [-0.25, -0.2) is 0 Å². The van der Waals surface area contributed by atoms with Gasteiger partial charge in [0.15, 0.2) is 12.6 Å². The Morgan fingerprint density at radius 3 is 0.642 bits per heavy atom. The van der Waals surface area contributed by atoms with Crippen LogP contribution in [0.15, 0.2) is 0 Å². The SMILES string of the molecule is C#Cc1c(C)c(C)c(OC2CCCCO2)c(C)c1C.CCCCCC1CC1c1c(C)c(C)c(C#Cc2c(C)c(C)c(C)c(C)c2C)c(C)c1C.CCCCCC1CC1c1c(C)c(C)c(C#Cc2c(C)c(C)c(O)c(C)c2C)c(C)c1C.CCCCCC1CC1c1c(C)c(C)c(C#Cc2c(C)c(C)c(OC3CCCCO3)c(C)c2C)c(C)c1C.CCCCCC1CC1c1c(C)c(C)c(C)c(C)c1C. The molecule has 0 amide bonds. The zero-order valence-electron chi connectivity index (χ0n) is 93.7. The first kappa shape index (κ1) is 110. The molecular weight excluding hydrogens is 1670 g/mol. The van der Waals surface area contributed by atoms with Gasteiger partial charge in [-0.1, -0.05) is 146 Å². The number of phenolic OH excluding ortho intramolecular Hbond substituents is 1. The minimum Gasteiger partial charge on any atom is -0.507 e. The molecule has 6 aliphatic rings. The standard InChI is InChI=1S/C35H48O2.C31H42.C30H40O.C19H30.C17H22O2/c1-10-11-12-15-29-20-32(29)34-25(6)21(2)30(22(3)26(34)7)17-18-31-23(4)27(8)35(28(9)24(31)5)37-33-16-13-14-19-36-33;1-11-12-13-14-27-17-30(27)31-25(9)23(7)29(24(8)26(31)10)16-15-28-21(5)19(3)18(2)20(4)22(28)6;1-10-11-12-13-25-16-28(25)29-21(6)17(2)26(18(3)22(29)7)14-15-27-19(4)23(8)30(31)24(9)20(27)5;1-7-8-9-10-17-11-18(17)19-15(5)13(3)12(2)14(4)16(19)6;1-6-15-11(2)13(4)17(14(5)12(15)3)19-16-9-7-8-10-18-16/h29,32-33H,10-16,19-20H2,1-9H3;27,30H,11-14,17H2,1-10H3;25,28,31H,10-13,16H2,1-9H3;17-18H,7-11H2,1-6H3;1,16H,7-10H2,2-5H3. The van der Waals surface area contributed by atoms with E-state index in [2.05, 4.69) is 291 Å². The molecule has 5 nitrogen and oxygen atoms in total. The third-order valence-corrected chi connectivity index (χ3v) is 35.5. The molecule has 14 rings (SSSR count). The van der Waals surface area contributed by atoms with Crippen molar-refractivity contribution in [3.05, 3.63) is 250 Å². The van der Waals surface area contributed by atoms with Crippen molar-refractivity contribution in [3.63, 3.8) is 0 Å². The highest BCUT2D eigenvalue weighted by Crippen LogP contribution is 2.58. The normalized spacial score (nSPS) is 19.2. The molecule has 10 atom stereocenters. The summed E-state index contributed by atoms with van der Waals surface area (Å²) in [4.78, 5) is 0. The number of ether oxygens (including phenoxy) is 4. The molecule has 2 aliphatic heterocycles. The Labute approximate surface area is 837 Å². The maximum atomic E-state index is 10.4. The number of hydrogen-bond acceptors (Lipinski definition) is 5. The summed E-state index contributed by atoms with van der Waals surface area (Å²) in [6.45, 7) is 86.1. The second kappa shape index (κ2) is 48.7. The van der Waals surface area contributed by atoms with Gasteiger partial charge in [0.25, 0.3) is 0 Å². The number of terminal acetylenes is 1. The lowest BCUT2D eigenvalue weighted by molar-refractivity contribution is -0.106. The minimum absolute atomic E-state index is 0.110. The van der Waals surface area contributed by atoms with E-state index in [0.717, 1.165) is 159 Å². The third kappa shape index (κ3) is 24.7. The molecule has 4 aliphatic carbocycles. The number of hydrogen-bond donors (Lipinski definition) is 1. The van der Waals surface area contributed by atoms with Crippen molar-refractivity contribution in [2.45, 2.75) is 466 Å². The fourth-order valence-electron chi connectivity index (χ4n) is 23.4. The van der Waals surface area contributed by atoms with E-state index in [1.54, 1.807) is 33.4 Å². The van der Waals surface area contributed by atoms with Crippen LogP contribution in [0.5, 0.6) is 17.2 Å². The Morgan fingerprint density at radius 2 is 0.431 bits per heavy atom. The van der Waals surface area contributed by atoms with Gasteiger partial charge in [-0.3, -0.25) is 0 Å². The predicted molar refractivity (Wildman–Crippen MR) is 589 cm³/mol. The van der Waals surface area contributed by atoms with Crippen LogP contribution in [0.25, 0.3) is 0 Å². The Morgan fingerprint density at radius 1 is 0.241 bits per heavy atom. The van der Waals surface area contributed by atoms with Gasteiger partial charge >= 0.3 is 0 Å². The number of benzene rings is 8. The highest BCUT2D eigenvalue weighted by Gasteiger charge is 2.44. The molecule has 4 saturated carbocycles.